The molecule has 0 saturated heterocycles. The van der Waals surface area contributed by atoms with Crippen LogP contribution in [0.5, 0.6) is 17.4 Å². The maximum absolute atomic E-state index is 9.87. The van der Waals surface area contributed by atoms with E-state index in [0.29, 0.717) is 23.7 Å². The third-order valence-electron chi connectivity index (χ3n) is 4.81. The number of benzene rings is 1. The van der Waals surface area contributed by atoms with Crippen molar-refractivity contribution in [3.05, 3.63) is 95.4 Å². The number of phenols is 1. The third-order valence-corrected chi connectivity index (χ3v) is 4.81. The number of rotatable bonds is 3. The summed E-state index contributed by atoms with van der Waals surface area (Å²) in [4.78, 5) is 8.68. The van der Waals surface area contributed by atoms with Crippen molar-refractivity contribution in [3.8, 4) is 17.4 Å². The third kappa shape index (κ3) is 2.64. The molecule has 0 aliphatic carbocycles. The molecule has 2 N–H and O–H groups in total. The fourth-order valence-corrected chi connectivity index (χ4v) is 3.54. The Morgan fingerprint density at radius 1 is 1.18 bits per heavy atom. The number of pyridine rings is 1. The molecular formula is C21H16N4O3. The van der Waals surface area contributed by atoms with Crippen molar-refractivity contribution >= 4 is 0 Å². The van der Waals surface area contributed by atoms with Gasteiger partial charge in [0.15, 0.2) is 0 Å². The molecule has 7 nitrogen and oxygen atoms in total. The number of aromatic hydroxyl groups is 1. The first-order valence-corrected chi connectivity index (χ1v) is 8.77. The molecule has 138 valence electrons. The molecule has 1 aliphatic heterocycles. The van der Waals surface area contributed by atoms with E-state index in [9.17, 15) is 5.11 Å². The normalized spacial score (nSPS) is 14.8. The molecule has 7 heteroatoms. The molecule has 1 aromatic carbocycles. The average Bonchev–Trinajstić information content (AvgIpc) is 3.22. The minimum atomic E-state index is -0.280. The second-order valence-corrected chi connectivity index (χ2v) is 6.56. The summed E-state index contributed by atoms with van der Waals surface area (Å²) >= 11 is 0. The number of hydrogen-bond donors (Lipinski definition) is 2. The van der Waals surface area contributed by atoms with Gasteiger partial charge in [0.05, 0.1) is 18.4 Å². The van der Waals surface area contributed by atoms with Crippen molar-refractivity contribution in [3.63, 3.8) is 0 Å². The molecule has 1 atom stereocenters. The summed E-state index contributed by atoms with van der Waals surface area (Å²) in [6.07, 6.45) is 6.66. The molecule has 0 amide bonds. The fraction of sp³-hybridized carbons (Fsp3) is 0.0952. The highest BCUT2D eigenvalue weighted by Crippen LogP contribution is 2.45. The zero-order valence-electron chi connectivity index (χ0n) is 14.7. The zero-order chi connectivity index (χ0) is 19.1. The topological polar surface area (TPSA) is 97.2 Å². The van der Waals surface area contributed by atoms with Crippen molar-refractivity contribution in [2.24, 2.45) is 0 Å². The molecule has 1 aliphatic rings. The molecule has 0 saturated carbocycles. The first kappa shape index (κ1) is 16.3. The Morgan fingerprint density at radius 2 is 2.11 bits per heavy atom. The van der Waals surface area contributed by atoms with Crippen LogP contribution in [0, 0.1) is 5.41 Å². The number of aromatic nitrogens is 3. The van der Waals surface area contributed by atoms with Gasteiger partial charge in [-0.2, -0.15) is 0 Å². The smallest absolute Gasteiger partial charge is 0.228 e. The summed E-state index contributed by atoms with van der Waals surface area (Å²) in [6, 6.07) is 12.5. The van der Waals surface area contributed by atoms with Gasteiger partial charge < -0.3 is 18.8 Å². The van der Waals surface area contributed by atoms with Crippen molar-refractivity contribution in [2.75, 3.05) is 0 Å². The highest BCUT2D eigenvalue weighted by Gasteiger charge is 2.32. The predicted molar refractivity (Wildman–Crippen MR) is 99.3 cm³/mol. The maximum atomic E-state index is 9.87. The quantitative estimate of drug-likeness (QED) is 0.506. The summed E-state index contributed by atoms with van der Waals surface area (Å²) in [6.45, 7) is 0.397. The Labute approximate surface area is 160 Å². The van der Waals surface area contributed by atoms with E-state index in [4.69, 9.17) is 14.6 Å². The minimum Gasteiger partial charge on any atom is -0.508 e. The van der Waals surface area contributed by atoms with Crippen LogP contribution in [0.3, 0.4) is 0 Å². The van der Waals surface area contributed by atoms with E-state index >= 15 is 0 Å². The van der Waals surface area contributed by atoms with Gasteiger partial charge >= 0.3 is 0 Å². The van der Waals surface area contributed by atoms with Crippen LogP contribution < -0.4 is 10.2 Å². The van der Waals surface area contributed by atoms with Gasteiger partial charge in [0, 0.05) is 29.9 Å². The maximum Gasteiger partial charge on any atom is 0.228 e. The molecule has 4 heterocycles. The summed E-state index contributed by atoms with van der Waals surface area (Å²) in [5.74, 6) is 1.45. The highest BCUT2D eigenvalue weighted by atomic mass is 16.5. The Kier molecular flexibility index (Phi) is 3.72. The number of nitrogens with one attached hydrogen (secondary N) is 1. The van der Waals surface area contributed by atoms with E-state index < -0.39 is 0 Å². The second-order valence-electron chi connectivity index (χ2n) is 6.56. The monoisotopic (exact) mass is 372 g/mol. The molecule has 28 heavy (non-hydrogen) atoms. The van der Waals surface area contributed by atoms with Crippen LogP contribution in [0.2, 0.25) is 0 Å². The Bertz CT molecular complexity index is 1200. The lowest BCUT2D eigenvalue weighted by atomic mass is 9.84. The highest BCUT2D eigenvalue weighted by molar-refractivity contribution is 5.56. The Hall–Kier alpha value is -3.87. The summed E-state index contributed by atoms with van der Waals surface area (Å²) in [7, 11) is 0. The Morgan fingerprint density at radius 3 is 2.89 bits per heavy atom. The largest absolute Gasteiger partial charge is 0.508 e. The molecular weight excluding hydrogens is 356 g/mol. The van der Waals surface area contributed by atoms with Gasteiger partial charge in [-0.05, 0) is 29.8 Å². The van der Waals surface area contributed by atoms with Crippen LogP contribution in [0.4, 0.5) is 0 Å². The van der Waals surface area contributed by atoms with Gasteiger partial charge in [0.1, 0.15) is 29.1 Å². The van der Waals surface area contributed by atoms with Crippen LogP contribution >= 0.6 is 0 Å². The van der Waals surface area contributed by atoms with E-state index in [1.54, 1.807) is 41.7 Å². The van der Waals surface area contributed by atoms with E-state index in [1.807, 2.05) is 30.3 Å². The molecule has 1 unspecified atom stereocenters. The molecule has 4 aromatic rings. The predicted octanol–water partition coefficient (Wildman–Crippen LogP) is 3.39. The molecule has 0 radical (unpaired) electrons. The number of phenolic OH excluding ortho intramolecular Hbond substituents is 1. The molecule has 3 aromatic heterocycles. The van der Waals surface area contributed by atoms with Gasteiger partial charge in [-0.25, -0.2) is 4.98 Å². The lowest BCUT2D eigenvalue weighted by molar-refractivity contribution is 0.411. The first-order valence-electron chi connectivity index (χ1n) is 8.77. The van der Waals surface area contributed by atoms with Gasteiger partial charge in [-0.15, -0.1) is 0 Å². The van der Waals surface area contributed by atoms with Gasteiger partial charge in [0.25, 0.3) is 0 Å². The van der Waals surface area contributed by atoms with Crippen LogP contribution in [0.25, 0.3) is 0 Å². The van der Waals surface area contributed by atoms with Crippen LogP contribution in [0.1, 0.15) is 28.4 Å². The van der Waals surface area contributed by atoms with E-state index in [0.717, 1.165) is 16.9 Å². The van der Waals surface area contributed by atoms with E-state index in [2.05, 4.69) is 9.97 Å². The van der Waals surface area contributed by atoms with Crippen molar-refractivity contribution in [2.45, 2.75) is 12.5 Å². The van der Waals surface area contributed by atoms with Gasteiger partial charge in [-0.3, -0.25) is 10.4 Å². The lowest BCUT2D eigenvalue weighted by Crippen LogP contribution is -2.30. The van der Waals surface area contributed by atoms with Crippen LogP contribution in [-0.4, -0.2) is 19.6 Å². The van der Waals surface area contributed by atoms with Crippen LogP contribution in [0.15, 0.2) is 71.9 Å². The van der Waals surface area contributed by atoms with Gasteiger partial charge in [-0.1, -0.05) is 12.1 Å². The van der Waals surface area contributed by atoms with Crippen molar-refractivity contribution in [1.29, 1.82) is 5.41 Å². The first-order chi connectivity index (χ1) is 13.7. The van der Waals surface area contributed by atoms with Crippen molar-refractivity contribution in [1.82, 2.24) is 14.5 Å². The second kappa shape index (κ2) is 6.38. The number of hydrogen-bond acceptors (Lipinski definition) is 6. The molecule has 0 fully saturated rings. The molecule has 0 spiro atoms. The number of nitrogens with zero attached hydrogens (tertiary/aromatic N) is 3. The van der Waals surface area contributed by atoms with E-state index in [1.165, 1.54) is 0 Å². The lowest BCUT2D eigenvalue weighted by Gasteiger charge is -2.28. The SMILES string of the molecule is N=c1c2c(ncn1Cc1ccco1)Oc1cc(O)ccc1C2c1cccnc1. The average molecular weight is 372 g/mol. The summed E-state index contributed by atoms with van der Waals surface area (Å²) in [5, 5.41) is 18.7. The van der Waals surface area contributed by atoms with E-state index in [-0.39, 0.29) is 17.2 Å². The summed E-state index contributed by atoms with van der Waals surface area (Å²) in [5.41, 5.74) is 2.71. The fourth-order valence-electron chi connectivity index (χ4n) is 3.54. The standard InChI is InChI=1S/C21H16N4O3/c22-20-19-18(13-3-1-7-23-10-13)16-6-5-14(26)9-17(16)28-21(19)24-12-25(20)11-15-4-2-8-27-15/h1-10,12,18,22,26H,11H2. The Balaban J connectivity index is 1.71. The molecule has 5 rings (SSSR count). The van der Waals surface area contributed by atoms with Crippen LogP contribution in [-0.2, 0) is 6.54 Å². The van der Waals surface area contributed by atoms with Crippen molar-refractivity contribution < 1.29 is 14.3 Å². The minimum absolute atomic E-state index is 0.113. The molecule has 0 bridgehead atoms. The zero-order valence-corrected chi connectivity index (χ0v) is 14.7. The van der Waals surface area contributed by atoms with Gasteiger partial charge in [0.2, 0.25) is 5.88 Å². The number of furan rings is 1. The number of fused-ring (bicyclic) bond motifs is 2. The number of ether oxygens (including phenoxy) is 1. The summed E-state index contributed by atoms with van der Waals surface area (Å²) < 4.78 is 13.1.